The smallest absolute Gasteiger partial charge is 0.284 e. The van der Waals surface area contributed by atoms with Crippen LogP contribution in [0, 0.1) is 5.82 Å². The van der Waals surface area contributed by atoms with Crippen molar-refractivity contribution in [2.75, 3.05) is 0 Å². The second kappa shape index (κ2) is 4.06. The number of benzene rings is 1. The first-order valence-corrected chi connectivity index (χ1v) is 4.52. The normalized spacial score (nSPS) is 17.7. The third-order valence-electron chi connectivity index (χ3n) is 2.03. The van der Waals surface area contributed by atoms with E-state index in [1.54, 1.807) is 0 Å². The van der Waals surface area contributed by atoms with Gasteiger partial charge in [0.25, 0.3) is 11.8 Å². The molecule has 0 saturated carbocycles. The molecule has 0 fully saturated rings. The number of rotatable bonds is 1. The molecule has 16 heavy (non-hydrogen) atoms. The fourth-order valence-corrected chi connectivity index (χ4v) is 1.25. The lowest BCUT2D eigenvalue weighted by Gasteiger charge is -2.06. The van der Waals surface area contributed by atoms with Crippen LogP contribution < -0.4 is 5.32 Å². The van der Waals surface area contributed by atoms with Gasteiger partial charge in [-0.3, -0.25) is 9.59 Å². The van der Waals surface area contributed by atoms with E-state index in [1.807, 2.05) is 0 Å². The molecule has 1 heterocycles. The molecule has 5 heteroatoms. The van der Waals surface area contributed by atoms with Crippen molar-refractivity contribution in [3.05, 3.63) is 41.2 Å². The van der Waals surface area contributed by atoms with E-state index in [1.165, 1.54) is 30.3 Å². The highest BCUT2D eigenvalue weighted by molar-refractivity contribution is 6.27. The zero-order valence-corrected chi connectivity index (χ0v) is 8.11. The van der Waals surface area contributed by atoms with Crippen LogP contribution in [0.25, 0.3) is 6.08 Å². The maximum absolute atomic E-state index is 12.6. The van der Waals surface area contributed by atoms with Gasteiger partial charge in [0.2, 0.25) is 0 Å². The van der Waals surface area contributed by atoms with Gasteiger partial charge in [0.05, 0.1) is 6.34 Å². The standard InChI is InChI=1S/C11H7FN2O2/c12-8-3-1-7(2-4-8)5-9-10(15)13-6-14-11(9)16/h1-6H,(H,13,14,15,16). The molecule has 1 aromatic rings. The van der Waals surface area contributed by atoms with E-state index in [0.717, 1.165) is 6.34 Å². The third kappa shape index (κ3) is 2.03. The lowest BCUT2D eigenvalue weighted by atomic mass is 10.1. The van der Waals surface area contributed by atoms with Gasteiger partial charge < -0.3 is 5.32 Å². The molecule has 1 aromatic carbocycles. The van der Waals surface area contributed by atoms with Gasteiger partial charge in [0, 0.05) is 0 Å². The number of carbonyl (C=O) groups is 2. The van der Waals surface area contributed by atoms with Gasteiger partial charge in [-0.05, 0) is 23.8 Å². The van der Waals surface area contributed by atoms with Crippen molar-refractivity contribution in [3.8, 4) is 0 Å². The number of nitrogens with zero attached hydrogens (tertiary/aromatic N) is 1. The summed E-state index contributed by atoms with van der Waals surface area (Å²) in [5, 5.41) is 2.30. The monoisotopic (exact) mass is 218 g/mol. The second-order valence-corrected chi connectivity index (χ2v) is 3.15. The van der Waals surface area contributed by atoms with Crippen LogP contribution in [0.15, 0.2) is 34.8 Å². The number of aliphatic imine (C=N–C) groups is 1. The summed E-state index contributed by atoms with van der Waals surface area (Å²) in [4.78, 5) is 26.0. The van der Waals surface area contributed by atoms with E-state index in [2.05, 4.69) is 10.3 Å². The Hall–Kier alpha value is -2.30. The molecule has 1 N–H and O–H groups in total. The Labute approximate surface area is 90.5 Å². The van der Waals surface area contributed by atoms with E-state index < -0.39 is 11.8 Å². The molecule has 0 saturated heterocycles. The average molecular weight is 218 g/mol. The highest BCUT2D eigenvalue weighted by Crippen LogP contribution is 2.11. The van der Waals surface area contributed by atoms with Crippen LogP contribution in [0.5, 0.6) is 0 Å². The van der Waals surface area contributed by atoms with Crippen LogP contribution in [0.2, 0.25) is 0 Å². The highest BCUT2D eigenvalue weighted by Gasteiger charge is 2.19. The van der Waals surface area contributed by atoms with Crippen molar-refractivity contribution >= 4 is 24.2 Å². The molecule has 2 rings (SSSR count). The Morgan fingerprint density at radius 3 is 2.50 bits per heavy atom. The summed E-state index contributed by atoms with van der Waals surface area (Å²) >= 11 is 0. The quantitative estimate of drug-likeness (QED) is 0.562. The van der Waals surface area contributed by atoms with E-state index >= 15 is 0 Å². The molecule has 0 unspecified atom stereocenters. The Kier molecular flexibility index (Phi) is 2.59. The fourth-order valence-electron chi connectivity index (χ4n) is 1.25. The van der Waals surface area contributed by atoms with E-state index in [4.69, 9.17) is 0 Å². The number of nitrogens with one attached hydrogen (secondary N) is 1. The van der Waals surface area contributed by atoms with Crippen molar-refractivity contribution in [1.82, 2.24) is 5.32 Å². The SMILES string of the molecule is O=C1N=CNC(=O)C1=Cc1ccc(F)cc1. The molecule has 2 amide bonds. The molecule has 0 atom stereocenters. The molecule has 0 radical (unpaired) electrons. The maximum Gasteiger partial charge on any atom is 0.284 e. The van der Waals surface area contributed by atoms with E-state index in [-0.39, 0.29) is 11.4 Å². The average Bonchev–Trinajstić information content (AvgIpc) is 2.26. The van der Waals surface area contributed by atoms with Gasteiger partial charge in [-0.25, -0.2) is 4.39 Å². The van der Waals surface area contributed by atoms with Gasteiger partial charge in [-0.2, -0.15) is 4.99 Å². The Morgan fingerprint density at radius 1 is 1.19 bits per heavy atom. The molecule has 0 aromatic heterocycles. The van der Waals surface area contributed by atoms with Crippen LogP contribution in [-0.4, -0.2) is 18.2 Å². The van der Waals surface area contributed by atoms with Gasteiger partial charge in [-0.15, -0.1) is 0 Å². The molecule has 4 nitrogen and oxygen atoms in total. The Morgan fingerprint density at radius 2 is 1.88 bits per heavy atom. The van der Waals surface area contributed by atoms with Crippen molar-refractivity contribution < 1.29 is 14.0 Å². The minimum absolute atomic E-state index is 0.0610. The van der Waals surface area contributed by atoms with Gasteiger partial charge in [0.1, 0.15) is 11.4 Å². The van der Waals surface area contributed by atoms with Crippen molar-refractivity contribution in [2.45, 2.75) is 0 Å². The number of halogens is 1. The van der Waals surface area contributed by atoms with E-state index in [0.29, 0.717) is 5.56 Å². The van der Waals surface area contributed by atoms with Crippen molar-refractivity contribution in [2.24, 2.45) is 4.99 Å². The molecule has 1 aliphatic rings. The lowest BCUT2D eigenvalue weighted by molar-refractivity contribution is -0.121. The van der Waals surface area contributed by atoms with Crippen LogP contribution >= 0.6 is 0 Å². The summed E-state index contributed by atoms with van der Waals surface area (Å²) in [6.07, 6.45) is 2.42. The minimum atomic E-state index is -0.604. The van der Waals surface area contributed by atoms with Gasteiger partial charge in [0.15, 0.2) is 0 Å². The molecule has 1 aliphatic heterocycles. The topological polar surface area (TPSA) is 58.5 Å². The first kappa shape index (κ1) is 10.2. The zero-order valence-electron chi connectivity index (χ0n) is 8.11. The van der Waals surface area contributed by atoms with Crippen LogP contribution in [0.1, 0.15) is 5.56 Å². The molecule has 0 spiro atoms. The summed E-state index contributed by atoms with van der Waals surface area (Å²) in [5.74, 6) is -1.49. The predicted octanol–water partition coefficient (Wildman–Crippen LogP) is 0.894. The molecule has 0 bridgehead atoms. The Bertz CT molecular complexity index is 503. The zero-order chi connectivity index (χ0) is 11.5. The Balaban J connectivity index is 2.36. The van der Waals surface area contributed by atoms with Gasteiger partial charge in [-0.1, -0.05) is 12.1 Å². The highest BCUT2D eigenvalue weighted by atomic mass is 19.1. The molecular weight excluding hydrogens is 211 g/mol. The summed E-state index contributed by atoms with van der Waals surface area (Å²) in [5.41, 5.74) is 0.506. The van der Waals surface area contributed by atoms with Crippen LogP contribution in [0.4, 0.5) is 4.39 Å². The van der Waals surface area contributed by atoms with Crippen LogP contribution in [-0.2, 0) is 9.59 Å². The third-order valence-corrected chi connectivity index (χ3v) is 2.03. The summed E-state index contributed by atoms with van der Waals surface area (Å²) in [6, 6.07) is 5.45. The number of carbonyl (C=O) groups excluding carboxylic acids is 2. The van der Waals surface area contributed by atoms with E-state index in [9.17, 15) is 14.0 Å². The number of hydrogen-bond donors (Lipinski definition) is 1. The summed E-state index contributed by atoms with van der Waals surface area (Å²) in [6.45, 7) is 0. The largest absolute Gasteiger partial charge is 0.312 e. The number of amides is 2. The van der Waals surface area contributed by atoms with Gasteiger partial charge >= 0.3 is 0 Å². The minimum Gasteiger partial charge on any atom is -0.312 e. The predicted molar refractivity (Wildman–Crippen MR) is 56.0 cm³/mol. The summed E-state index contributed by atoms with van der Waals surface area (Å²) < 4.78 is 12.6. The lowest BCUT2D eigenvalue weighted by Crippen LogP contribution is -2.31. The molecule has 80 valence electrons. The molecule has 0 aliphatic carbocycles. The first-order chi connectivity index (χ1) is 7.66. The van der Waals surface area contributed by atoms with Crippen molar-refractivity contribution in [1.29, 1.82) is 0 Å². The second-order valence-electron chi connectivity index (χ2n) is 3.15. The fraction of sp³-hybridized carbons (Fsp3) is 0. The maximum atomic E-state index is 12.6. The number of hydrogen-bond acceptors (Lipinski definition) is 2. The van der Waals surface area contributed by atoms with Crippen LogP contribution in [0.3, 0.4) is 0 Å². The summed E-state index contributed by atoms with van der Waals surface area (Å²) in [7, 11) is 0. The van der Waals surface area contributed by atoms with Crippen molar-refractivity contribution in [3.63, 3.8) is 0 Å². The first-order valence-electron chi connectivity index (χ1n) is 4.52. The molecular formula is C11H7FN2O2.